The second kappa shape index (κ2) is 10.4. The zero-order valence-electron chi connectivity index (χ0n) is 15.0. The van der Waals surface area contributed by atoms with Crippen LogP contribution in [0.25, 0.3) is 0 Å². The van der Waals surface area contributed by atoms with Crippen LogP contribution in [-0.4, -0.2) is 38.5 Å². The molecule has 5 nitrogen and oxygen atoms in total. The first kappa shape index (κ1) is 21.4. The number of furan rings is 1. The van der Waals surface area contributed by atoms with E-state index in [-0.39, 0.29) is 35.8 Å². The van der Waals surface area contributed by atoms with Crippen LogP contribution in [0.5, 0.6) is 0 Å². The zero-order chi connectivity index (χ0) is 17.5. The van der Waals surface area contributed by atoms with Crippen LogP contribution >= 0.6 is 24.0 Å². The first-order chi connectivity index (χ1) is 11.5. The molecule has 7 heteroatoms. The second-order valence-electron chi connectivity index (χ2n) is 5.89. The highest BCUT2D eigenvalue weighted by molar-refractivity contribution is 14.0. The number of likely N-dealkylation sites (N-methyl/N-ethyl adjacent to an activating group) is 1. The summed E-state index contributed by atoms with van der Waals surface area (Å²) in [6.07, 6.45) is 1.68. The van der Waals surface area contributed by atoms with E-state index in [0.29, 0.717) is 24.6 Å². The number of hydrogen-bond acceptors (Lipinski definition) is 3. The summed E-state index contributed by atoms with van der Waals surface area (Å²) in [5.41, 5.74) is 1.65. The van der Waals surface area contributed by atoms with Crippen molar-refractivity contribution in [3.63, 3.8) is 0 Å². The van der Waals surface area contributed by atoms with Gasteiger partial charge in [-0.05, 0) is 50.3 Å². The molecule has 0 fully saturated rings. The van der Waals surface area contributed by atoms with Crippen LogP contribution in [0.3, 0.4) is 0 Å². The average Bonchev–Trinajstić information content (AvgIpc) is 3.07. The summed E-state index contributed by atoms with van der Waals surface area (Å²) in [4.78, 5) is 6.31. The van der Waals surface area contributed by atoms with Crippen molar-refractivity contribution in [1.82, 2.24) is 15.5 Å². The van der Waals surface area contributed by atoms with Crippen LogP contribution in [0.15, 0.2) is 46.0 Å². The maximum absolute atomic E-state index is 13.3. The predicted molar refractivity (Wildman–Crippen MR) is 110 cm³/mol. The fraction of sp³-hybridized carbons (Fsp3) is 0.389. The van der Waals surface area contributed by atoms with Crippen molar-refractivity contribution in [3.05, 3.63) is 59.3 Å². The molecule has 0 saturated carbocycles. The first-order valence-corrected chi connectivity index (χ1v) is 7.90. The van der Waals surface area contributed by atoms with Gasteiger partial charge >= 0.3 is 0 Å². The van der Waals surface area contributed by atoms with Crippen molar-refractivity contribution >= 4 is 29.9 Å². The van der Waals surface area contributed by atoms with Crippen LogP contribution in [0.1, 0.15) is 22.9 Å². The smallest absolute Gasteiger partial charge is 0.191 e. The van der Waals surface area contributed by atoms with Gasteiger partial charge in [0.05, 0.1) is 12.3 Å². The lowest BCUT2D eigenvalue weighted by atomic mass is 10.1. The van der Waals surface area contributed by atoms with E-state index in [1.54, 1.807) is 26.3 Å². The molecule has 1 heterocycles. The molecule has 0 aliphatic carbocycles. The van der Waals surface area contributed by atoms with Gasteiger partial charge in [-0.1, -0.05) is 12.1 Å². The Bertz CT molecular complexity index is 674. The SMILES string of the molecule is CN=C(NCc1ccc(F)c(C)c1)NCC(c1ccco1)N(C)C.I. The van der Waals surface area contributed by atoms with Crippen molar-refractivity contribution in [1.29, 1.82) is 0 Å². The highest BCUT2D eigenvalue weighted by atomic mass is 127. The largest absolute Gasteiger partial charge is 0.468 e. The van der Waals surface area contributed by atoms with E-state index in [4.69, 9.17) is 4.42 Å². The number of nitrogens with one attached hydrogen (secondary N) is 2. The van der Waals surface area contributed by atoms with Gasteiger partial charge in [0.2, 0.25) is 0 Å². The normalized spacial score (nSPS) is 12.6. The summed E-state index contributed by atoms with van der Waals surface area (Å²) in [5, 5.41) is 6.54. The molecule has 0 saturated heterocycles. The maximum Gasteiger partial charge on any atom is 0.191 e. The Morgan fingerprint density at radius 2 is 2.04 bits per heavy atom. The molecular weight excluding hydrogens is 434 g/mol. The molecule has 0 aliphatic heterocycles. The Hall–Kier alpha value is -1.61. The quantitative estimate of drug-likeness (QED) is 0.395. The minimum Gasteiger partial charge on any atom is -0.468 e. The fourth-order valence-electron chi connectivity index (χ4n) is 2.44. The Labute approximate surface area is 165 Å². The van der Waals surface area contributed by atoms with Crippen molar-refractivity contribution in [3.8, 4) is 0 Å². The molecule has 0 spiro atoms. The van der Waals surface area contributed by atoms with Gasteiger partial charge < -0.3 is 15.1 Å². The van der Waals surface area contributed by atoms with E-state index in [2.05, 4.69) is 20.5 Å². The minimum atomic E-state index is -0.187. The van der Waals surface area contributed by atoms with Crippen LogP contribution in [0.2, 0.25) is 0 Å². The summed E-state index contributed by atoms with van der Waals surface area (Å²) in [5.74, 6) is 1.40. The van der Waals surface area contributed by atoms with Crippen molar-refractivity contribution in [2.24, 2.45) is 4.99 Å². The molecule has 2 rings (SSSR count). The van der Waals surface area contributed by atoms with E-state index in [9.17, 15) is 4.39 Å². The highest BCUT2D eigenvalue weighted by Gasteiger charge is 2.17. The molecule has 1 atom stereocenters. The number of aryl methyl sites for hydroxylation is 1. The molecule has 2 aromatic rings. The van der Waals surface area contributed by atoms with Crippen LogP contribution < -0.4 is 10.6 Å². The van der Waals surface area contributed by atoms with E-state index < -0.39 is 0 Å². The maximum atomic E-state index is 13.3. The third kappa shape index (κ3) is 6.32. The number of nitrogens with zero attached hydrogens (tertiary/aromatic N) is 2. The van der Waals surface area contributed by atoms with Gasteiger partial charge in [-0.3, -0.25) is 9.89 Å². The third-order valence-corrected chi connectivity index (χ3v) is 3.86. The van der Waals surface area contributed by atoms with Crippen molar-refractivity contribution in [2.75, 3.05) is 27.7 Å². The number of rotatable bonds is 6. The lowest BCUT2D eigenvalue weighted by Crippen LogP contribution is -2.41. The Morgan fingerprint density at radius 1 is 1.28 bits per heavy atom. The summed E-state index contributed by atoms with van der Waals surface area (Å²) in [7, 11) is 5.74. The number of aliphatic imine (C=N–C) groups is 1. The van der Waals surface area contributed by atoms with Gasteiger partial charge in [0.25, 0.3) is 0 Å². The Balaban J connectivity index is 0.00000312. The number of benzene rings is 1. The van der Waals surface area contributed by atoms with Gasteiger partial charge in [0.1, 0.15) is 11.6 Å². The standard InChI is InChI=1S/C18H25FN4O.HI/c1-13-10-14(7-8-15(13)19)11-21-18(20-2)22-12-16(23(3)4)17-6-5-9-24-17;/h5-10,16H,11-12H2,1-4H3,(H2,20,21,22);1H. The number of guanidine groups is 1. The van der Waals surface area contributed by atoms with Crippen LogP contribution in [0, 0.1) is 12.7 Å². The monoisotopic (exact) mass is 460 g/mol. The molecule has 1 unspecified atom stereocenters. The second-order valence-corrected chi connectivity index (χ2v) is 5.89. The Morgan fingerprint density at radius 3 is 2.60 bits per heavy atom. The summed E-state index contributed by atoms with van der Waals surface area (Å²) >= 11 is 0. The van der Waals surface area contributed by atoms with Crippen LogP contribution in [0.4, 0.5) is 4.39 Å². The van der Waals surface area contributed by atoms with Crippen molar-refractivity contribution < 1.29 is 8.81 Å². The molecule has 138 valence electrons. The zero-order valence-corrected chi connectivity index (χ0v) is 17.4. The van der Waals surface area contributed by atoms with Gasteiger partial charge in [0.15, 0.2) is 5.96 Å². The van der Waals surface area contributed by atoms with Gasteiger partial charge in [-0.15, -0.1) is 24.0 Å². The topological polar surface area (TPSA) is 52.8 Å². The summed E-state index contributed by atoms with van der Waals surface area (Å²) in [6, 6.07) is 9.04. The fourth-order valence-corrected chi connectivity index (χ4v) is 2.44. The van der Waals surface area contributed by atoms with E-state index in [1.165, 1.54) is 6.07 Å². The molecule has 0 aliphatic rings. The number of halogens is 2. The van der Waals surface area contributed by atoms with Crippen LogP contribution in [-0.2, 0) is 6.54 Å². The predicted octanol–water partition coefficient (Wildman–Crippen LogP) is 3.31. The summed E-state index contributed by atoms with van der Waals surface area (Å²) < 4.78 is 18.8. The molecule has 0 amide bonds. The Kier molecular flexibility index (Phi) is 8.91. The lowest BCUT2D eigenvalue weighted by Gasteiger charge is -2.23. The first-order valence-electron chi connectivity index (χ1n) is 7.90. The highest BCUT2D eigenvalue weighted by Crippen LogP contribution is 2.17. The molecule has 2 N–H and O–H groups in total. The van der Waals surface area contributed by atoms with Gasteiger partial charge in [-0.25, -0.2) is 4.39 Å². The van der Waals surface area contributed by atoms with Crippen molar-refractivity contribution in [2.45, 2.75) is 19.5 Å². The molecule has 1 aromatic heterocycles. The lowest BCUT2D eigenvalue weighted by molar-refractivity contribution is 0.258. The summed E-state index contributed by atoms with van der Waals surface area (Å²) in [6.45, 7) is 2.99. The molecule has 0 radical (unpaired) electrons. The average molecular weight is 460 g/mol. The third-order valence-electron chi connectivity index (χ3n) is 3.86. The minimum absolute atomic E-state index is 0. The van der Waals surface area contributed by atoms with Gasteiger partial charge in [0, 0.05) is 20.1 Å². The molecule has 25 heavy (non-hydrogen) atoms. The molecular formula is C18H26FIN4O. The van der Waals surface area contributed by atoms with E-state index >= 15 is 0 Å². The van der Waals surface area contributed by atoms with E-state index in [1.807, 2.05) is 32.3 Å². The van der Waals surface area contributed by atoms with E-state index in [0.717, 1.165) is 11.3 Å². The van der Waals surface area contributed by atoms with Gasteiger partial charge in [-0.2, -0.15) is 0 Å². The number of hydrogen-bond donors (Lipinski definition) is 2. The molecule has 1 aromatic carbocycles. The molecule has 0 bridgehead atoms.